The molecule has 1 amide bonds. The van der Waals surface area contributed by atoms with Crippen LogP contribution in [-0.4, -0.2) is 16.1 Å². The lowest BCUT2D eigenvalue weighted by atomic mass is 10.2. The summed E-state index contributed by atoms with van der Waals surface area (Å²) in [5, 5.41) is 12.3. The van der Waals surface area contributed by atoms with Crippen molar-refractivity contribution in [3.8, 4) is 21.9 Å². The average molecular weight is 375 g/mol. The highest BCUT2D eigenvalue weighted by Gasteiger charge is 2.11. The molecule has 0 saturated heterocycles. The number of benzene rings is 2. The van der Waals surface area contributed by atoms with Crippen molar-refractivity contribution in [3.05, 3.63) is 78.6 Å². The largest absolute Gasteiger partial charge is 0.461 e. The molecule has 0 aliphatic heterocycles. The van der Waals surface area contributed by atoms with Crippen molar-refractivity contribution in [3.63, 3.8) is 0 Å². The van der Waals surface area contributed by atoms with Crippen LogP contribution in [0.25, 0.3) is 21.9 Å². The van der Waals surface area contributed by atoms with E-state index in [2.05, 4.69) is 15.5 Å². The molecular formula is C21H17N3O2S. The highest BCUT2D eigenvalue weighted by atomic mass is 32.1. The van der Waals surface area contributed by atoms with Gasteiger partial charge in [0.05, 0.1) is 0 Å². The third-order valence-corrected chi connectivity index (χ3v) is 4.90. The van der Waals surface area contributed by atoms with Crippen LogP contribution in [0, 0.1) is 0 Å². The van der Waals surface area contributed by atoms with Gasteiger partial charge >= 0.3 is 0 Å². The number of amides is 1. The first kappa shape index (κ1) is 17.2. The van der Waals surface area contributed by atoms with Crippen LogP contribution in [0.15, 0.2) is 77.2 Å². The quantitative estimate of drug-likeness (QED) is 0.513. The van der Waals surface area contributed by atoms with Crippen molar-refractivity contribution >= 4 is 22.4 Å². The molecule has 27 heavy (non-hydrogen) atoms. The number of rotatable bonds is 6. The van der Waals surface area contributed by atoms with Gasteiger partial charge in [0.15, 0.2) is 0 Å². The first-order chi connectivity index (χ1) is 13.3. The fraction of sp³-hybridized carbons (Fsp3) is 0.0952. The summed E-state index contributed by atoms with van der Waals surface area (Å²) in [6.45, 7) is 0. The Labute approximate surface area is 160 Å². The number of nitrogens with zero attached hydrogens (tertiary/aromatic N) is 2. The standard InChI is InChI=1S/C21H17N3O2S/c25-19(22-21-24-23-20(27-21)16-9-5-2-6-10-16)14-12-17-11-13-18(26-17)15-7-3-1-4-8-15/h1-11,13H,12,14H2,(H,22,24,25). The zero-order valence-electron chi connectivity index (χ0n) is 14.5. The van der Waals surface area contributed by atoms with Gasteiger partial charge in [-0.1, -0.05) is 72.0 Å². The topological polar surface area (TPSA) is 68.0 Å². The Bertz CT molecular complexity index is 1030. The molecule has 0 aliphatic carbocycles. The molecule has 134 valence electrons. The summed E-state index contributed by atoms with van der Waals surface area (Å²) in [7, 11) is 0. The number of hydrogen-bond acceptors (Lipinski definition) is 5. The van der Waals surface area contributed by atoms with Crippen molar-refractivity contribution in [1.29, 1.82) is 0 Å². The average Bonchev–Trinajstić information content (AvgIpc) is 3.37. The Morgan fingerprint density at radius 3 is 2.33 bits per heavy atom. The van der Waals surface area contributed by atoms with Crippen LogP contribution in [-0.2, 0) is 11.2 Å². The minimum absolute atomic E-state index is 0.108. The Morgan fingerprint density at radius 1 is 0.889 bits per heavy atom. The van der Waals surface area contributed by atoms with E-state index in [0.717, 1.165) is 27.7 Å². The minimum Gasteiger partial charge on any atom is -0.461 e. The van der Waals surface area contributed by atoms with Crippen molar-refractivity contribution in [2.45, 2.75) is 12.8 Å². The zero-order valence-corrected chi connectivity index (χ0v) is 15.3. The Morgan fingerprint density at radius 2 is 1.59 bits per heavy atom. The molecule has 0 unspecified atom stereocenters. The molecule has 0 bridgehead atoms. The molecule has 0 atom stereocenters. The van der Waals surface area contributed by atoms with Gasteiger partial charge in [0.1, 0.15) is 16.5 Å². The molecule has 6 heteroatoms. The molecule has 4 rings (SSSR count). The third kappa shape index (κ3) is 4.30. The van der Waals surface area contributed by atoms with Gasteiger partial charge in [-0.15, -0.1) is 10.2 Å². The molecule has 0 spiro atoms. The SMILES string of the molecule is O=C(CCc1ccc(-c2ccccc2)o1)Nc1nnc(-c2ccccc2)s1. The first-order valence-corrected chi connectivity index (χ1v) is 9.42. The van der Waals surface area contributed by atoms with E-state index in [0.29, 0.717) is 18.0 Å². The van der Waals surface area contributed by atoms with E-state index in [1.165, 1.54) is 11.3 Å². The maximum atomic E-state index is 12.2. The molecule has 5 nitrogen and oxygen atoms in total. The van der Waals surface area contributed by atoms with Crippen LogP contribution in [0.5, 0.6) is 0 Å². The van der Waals surface area contributed by atoms with Gasteiger partial charge in [-0.05, 0) is 12.1 Å². The molecule has 2 heterocycles. The normalized spacial score (nSPS) is 10.7. The summed E-state index contributed by atoms with van der Waals surface area (Å²) in [4.78, 5) is 12.2. The second-order valence-corrected chi connectivity index (χ2v) is 6.94. The predicted octanol–water partition coefficient (Wildman–Crippen LogP) is 5.04. The van der Waals surface area contributed by atoms with Crippen LogP contribution in [0.2, 0.25) is 0 Å². The van der Waals surface area contributed by atoms with Gasteiger partial charge in [0, 0.05) is 24.0 Å². The van der Waals surface area contributed by atoms with Gasteiger partial charge in [-0.25, -0.2) is 0 Å². The highest BCUT2D eigenvalue weighted by molar-refractivity contribution is 7.18. The summed E-state index contributed by atoms with van der Waals surface area (Å²) in [5.41, 5.74) is 2.01. The van der Waals surface area contributed by atoms with Crippen molar-refractivity contribution in [2.24, 2.45) is 0 Å². The first-order valence-electron chi connectivity index (χ1n) is 8.61. The lowest BCUT2D eigenvalue weighted by molar-refractivity contribution is -0.116. The summed E-state index contributed by atoms with van der Waals surface area (Å²) in [6, 6.07) is 23.5. The van der Waals surface area contributed by atoms with E-state index < -0.39 is 0 Å². The van der Waals surface area contributed by atoms with Gasteiger partial charge in [0.25, 0.3) is 0 Å². The number of nitrogens with one attached hydrogen (secondary N) is 1. The molecular weight excluding hydrogens is 358 g/mol. The summed E-state index contributed by atoms with van der Waals surface area (Å²) >= 11 is 1.36. The molecule has 0 radical (unpaired) electrons. The number of anilines is 1. The molecule has 1 N–H and O–H groups in total. The van der Waals surface area contributed by atoms with Gasteiger partial charge in [-0.2, -0.15) is 0 Å². The number of carbonyl (C=O) groups is 1. The predicted molar refractivity (Wildman–Crippen MR) is 106 cm³/mol. The van der Waals surface area contributed by atoms with E-state index >= 15 is 0 Å². The summed E-state index contributed by atoms with van der Waals surface area (Å²) in [5.74, 6) is 1.48. The number of aryl methyl sites for hydroxylation is 1. The molecule has 0 aliphatic rings. The second kappa shape index (κ2) is 7.97. The number of furan rings is 1. The maximum absolute atomic E-state index is 12.2. The number of carbonyl (C=O) groups excluding carboxylic acids is 1. The smallest absolute Gasteiger partial charge is 0.226 e. The molecule has 2 aromatic heterocycles. The molecule has 0 saturated carbocycles. The van der Waals surface area contributed by atoms with E-state index in [4.69, 9.17) is 4.42 Å². The fourth-order valence-electron chi connectivity index (χ4n) is 2.66. The van der Waals surface area contributed by atoms with Crippen LogP contribution < -0.4 is 5.32 Å². The molecule has 2 aromatic carbocycles. The Kier molecular flexibility index (Phi) is 5.07. The third-order valence-electron chi connectivity index (χ3n) is 4.01. The molecule has 4 aromatic rings. The van der Waals surface area contributed by atoms with Crippen molar-refractivity contribution in [2.75, 3.05) is 5.32 Å². The van der Waals surface area contributed by atoms with Crippen LogP contribution in [0.3, 0.4) is 0 Å². The van der Waals surface area contributed by atoms with E-state index in [-0.39, 0.29) is 5.91 Å². The minimum atomic E-state index is -0.108. The van der Waals surface area contributed by atoms with Crippen LogP contribution in [0.1, 0.15) is 12.2 Å². The van der Waals surface area contributed by atoms with E-state index in [1.807, 2.05) is 72.8 Å². The maximum Gasteiger partial charge on any atom is 0.226 e. The Hall–Kier alpha value is -3.25. The number of aromatic nitrogens is 2. The van der Waals surface area contributed by atoms with Crippen LogP contribution >= 0.6 is 11.3 Å². The van der Waals surface area contributed by atoms with E-state index in [1.54, 1.807) is 0 Å². The van der Waals surface area contributed by atoms with E-state index in [9.17, 15) is 4.79 Å². The van der Waals surface area contributed by atoms with Crippen molar-refractivity contribution in [1.82, 2.24) is 10.2 Å². The van der Waals surface area contributed by atoms with Gasteiger partial charge < -0.3 is 9.73 Å². The monoisotopic (exact) mass is 375 g/mol. The summed E-state index contributed by atoms with van der Waals surface area (Å²) < 4.78 is 5.83. The molecule has 0 fully saturated rings. The zero-order chi connectivity index (χ0) is 18.5. The van der Waals surface area contributed by atoms with Gasteiger partial charge in [-0.3, -0.25) is 4.79 Å². The number of hydrogen-bond donors (Lipinski definition) is 1. The van der Waals surface area contributed by atoms with Crippen molar-refractivity contribution < 1.29 is 9.21 Å². The fourth-order valence-corrected chi connectivity index (χ4v) is 3.42. The highest BCUT2D eigenvalue weighted by Crippen LogP contribution is 2.26. The summed E-state index contributed by atoms with van der Waals surface area (Å²) in [6.07, 6.45) is 0.852. The second-order valence-electron chi connectivity index (χ2n) is 5.96. The lowest BCUT2D eigenvalue weighted by Crippen LogP contribution is -2.11. The lowest BCUT2D eigenvalue weighted by Gasteiger charge is -2.00. The van der Waals surface area contributed by atoms with Crippen LogP contribution in [0.4, 0.5) is 5.13 Å². The van der Waals surface area contributed by atoms with Gasteiger partial charge in [0.2, 0.25) is 11.0 Å². The Balaban J connectivity index is 1.33.